The van der Waals surface area contributed by atoms with Crippen molar-refractivity contribution in [3.05, 3.63) is 116 Å². The van der Waals surface area contributed by atoms with Crippen molar-refractivity contribution in [3.63, 3.8) is 0 Å². The summed E-state index contributed by atoms with van der Waals surface area (Å²) in [6, 6.07) is 21.6. The van der Waals surface area contributed by atoms with E-state index in [-0.39, 0.29) is 22.5 Å². The Morgan fingerprint density at radius 3 is 1.66 bits per heavy atom. The van der Waals surface area contributed by atoms with Crippen molar-refractivity contribution in [1.29, 1.82) is 0 Å². The molecule has 35 heavy (non-hydrogen) atoms. The maximum absolute atomic E-state index is 12.9. The van der Waals surface area contributed by atoms with Crippen LogP contribution in [0, 0.1) is 6.92 Å². The molecule has 0 aliphatic carbocycles. The molecular weight excluding hydrogens is 448 g/mol. The summed E-state index contributed by atoms with van der Waals surface area (Å²) in [7, 11) is 0. The van der Waals surface area contributed by atoms with Crippen molar-refractivity contribution < 1.29 is 18.4 Å². The number of fused-ring (bicyclic) bond motifs is 2. The molecule has 8 heteroatoms. The standard InChI is InChI=1S/C27H18N2O6/c1-15-10-11-20(28-24(30)18-13-16-6-2-4-8-22(16)34-26(18)32)21(12-15)29-25(31)19-14-17-7-3-5-9-23(17)35-27(19)33/h2-14H,1H3,(H,28,30)(H,29,31). The summed E-state index contributed by atoms with van der Waals surface area (Å²) in [5.41, 5.74) is 0.0930. The molecule has 3 aromatic carbocycles. The molecule has 0 aliphatic heterocycles. The van der Waals surface area contributed by atoms with Crippen LogP contribution in [-0.4, -0.2) is 11.8 Å². The zero-order chi connectivity index (χ0) is 24.5. The fourth-order valence-electron chi connectivity index (χ4n) is 3.69. The van der Waals surface area contributed by atoms with Crippen LogP contribution in [0.1, 0.15) is 26.3 Å². The van der Waals surface area contributed by atoms with Crippen LogP contribution in [0.2, 0.25) is 0 Å². The number of nitrogens with one attached hydrogen (secondary N) is 2. The number of carbonyl (C=O) groups is 2. The molecule has 0 saturated carbocycles. The molecule has 0 atom stereocenters. The lowest BCUT2D eigenvalue weighted by molar-refractivity contribution is 0.101. The van der Waals surface area contributed by atoms with Crippen molar-refractivity contribution in [2.24, 2.45) is 0 Å². The molecule has 2 N–H and O–H groups in total. The van der Waals surface area contributed by atoms with Crippen molar-refractivity contribution >= 4 is 45.1 Å². The third-order valence-electron chi connectivity index (χ3n) is 5.44. The molecule has 0 fully saturated rings. The molecule has 2 heterocycles. The highest BCUT2D eigenvalue weighted by Gasteiger charge is 2.19. The van der Waals surface area contributed by atoms with Crippen molar-refractivity contribution in [2.45, 2.75) is 6.92 Å². The molecule has 0 unspecified atom stereocenters. The topological polar surface area (TPSA) is 119 Å². The fraction of sp³-hybridized carbons (Fsp3) is 0.0370. The zero-order valence-electron chi connectivity index (χ0n) is 18.5. The minimum atomic E-state index is -0.785. The highest BCUT2D eigenvalue weighted by atomic mass is 16.4. The molecule has 2 aromatic heterocycles. The molecule has 5 aromatic rings. The van der Waals surface area contributed by atoms with E-state index in [0.29, 0.717) is 21.9 Å². The summed E-state index contributed by atoms with van der Waals surface area (Å²) in [5, 5.41) is 6.49. The molecule has 2 amide bonds. The first-order valence-corrected chi connectivity index (χ1v) is 10.7. The molecule has 172 valence electrons. The van der Waals surface area contributed by atoms with E-state index < -0.39 is 23.1 Å². The van der Waals surface area contributed by atoms with E-state index in [1.807, 2.05) is 6.92 Å². The van der Waals surface area contributed by atoms with Crippen LogP contribution in [0.3, 0.4) is 0 Å². The number of carbonyl (C=O) groups excluding carboxylic acids is 2. The SMILES string of the molecule is Cc1ccc(NC(=O)c2cc3ccccc3oc2=O)c(NC(=O)c2cc3ccccc3oc2=O)c1. The Kier molecular flexibility index (Phi) is 5.46. The number of hydrogen-bond acceptors (Lipinski definition) is 6. The smallest absolute Gasteiger partial charge is 0.349 e. The summed E-state index contributed by atoms with van der Waals surface area (Å²) in [6.07, 6.45) is 0. The van der Waals surface area contributed by atoms with Gasteiger partial charge in [0.25, 0.3) is 11.8 Å². The lowest BCUT2D eigenvalue weighted by Crippen LogP contribution is -2.23. The first-order chi connectivity index (χ1) is 16.9. The van der Waals surface area contributed by atoms with E-state index in [2.05, 4.69) is 10.6 Å². The van der Waals surface area contributed by atoms with Gasteiger partial charge in [-0.15, -0.1) is 0 Å². The molecular formula is C27H18N2O6. The van der Waals surface area contributed by atoms with Gasteiger partial charge in [-0.05, 0) is 48.9 Å². The van der Waals surface area contributed by atoms with Gasteiger partial charge in [0, 0.05) is 10.8 Å². The van der Waals surface area contributed by atoms with Crippen LogP contribution in [0.4, 0.5) is 11.4 Å². The van der Waals surface area contributed by atoms with Gasteiger partial charge in [0.2, 0.25) is 0 Å². The van der Waals surface area contributed by atoms with Gasteiger partial charge in [0.1, 0.15) is 22.3 Å². The Morgan fingerprint density at radius 1 is 0.629 bits per heavy atom. The van der Waals surface area contributed by atoms with Gasteiger partial charge in [-0.25, -0.2) is 9.59 Å². The Bertz CT molecular complexity index is 1750. The summed E-state index contributed by atoms with van der Waals surface area (Å²) < 4.78 is 10.5. The average Bonchev–Trinajstić information content (AvgIpc) is 2.84. The molecule has 0 radical (unpaired) electrons. The zero-order valence-corrected chi connectivity index (χ0v) is 18.5. The van der Waals surface area contributed by atoms with E-state index in [1.165, 1.54) is 12.1 Å². The number of anilines is 2. The highest BCUT2D eigenvalue weighted by molar-refractivity contribution is 6.10. The minimum Gasteiger partial charge on any atom is -0.422 e. The average molecular weight is 466 g/mol. The van der Waals surface area contributed by atoms with E-state index in [9.17, 15) is 19.2 Å². The lowest BCUT2D eigenvalue weighted by Gasteiger charge is -2.13. The maximum Gasteiger partial charge on any atom is 0.349 e. The van der Waals surface area contributed by atoms with Gasteiger partial charge in [-0.2, -0.15) is 0 Å². The number of rotatable bonds is 4. The van der Waals surface area contributed by atoms with Crippen molar-refractivity contribution in [3.8, 4) is 0 Å². The Labute approximate surface area is 197 Å². The van der Waals surface area contributed by atoms with Gasteiger partial charge in [-0.1, -0.05) is 42.5 Å². The van der Waals surface area contributed by atoms with Gasteiger partial charge in [0.15, 0.2) is 0 Å². The van der Waals surface area contributed by atoms with Crippen LogP contribution in [0.5, 0.6) is 0 Å². The lowest BCUT2D eigenvalue weighted by atomic mass is 10.1. The molecule has 0 aliphatic rings. The fourth-order valence-corrected chi connectivity index (χ4v) is 3.69. The van der Waals surface area contributed by atoms with Crippen molar-refractivity contribution in [2.75, 3.05) is 10.6 Å². The second-order valence-corrected chi connectivity index (χ2v) is 7.93. The van der Waals surface area contributed by atoms with Gasteiger partial charge in [0.05, 0.1) is 11.4 Å². The van der Waals surface area contributed by atoms with Gasteiger partial charge < -0.3 is 19.5 Å². The summed E-state index contributed by atoms with van der Waals surface area (Å²) in [4.78, 5) is 50.6. The van der Waals surface area contributed by atoms with Crippen molar-refractivity contribution in [1.82, 2.24) is 0 Å². The van der Waals surface area contributed by atoms with Gasteiger partial charge in [-0.3, -0.25) is 9.59 Å². The molecule has 0 spiro atoms. The van der Waals surface area contributed by atoms with E-state index in [0.717, 1.165) is 5.56 Å². The maximum atomic E-state index is 12.9. The number of amides is 2. The largest absolute Gasteiger partial charge is 0.422 e. The van der Waals surface area contributed by atoms with Crippen LogP contribution < -0.4 is 21.9 Å². The quantitative estimate of drug-likeness (QED) is 0.370. The predicted octanol–water partition coefficient (Wildman–Crippen LogP) is 4.71. The first kappa shape index (κ1) is 21.8. The third kappa shape index (κ3) is 4.32. The van der Waals surface area contributed by atoms with E-state index in [4.69, 9.17) is 8.83 Å². The molecule has 5 rings (SSSR count). The van der Waals surface area contributed by atoms with Crippen LogP contribution in [0.15, 0.2) is 97.3 Å². The van der Waals surface area contributed by atoms with E-state index >= 15 is 0 Å². The minimum absolute atomic E-state index is 0.183. The van der Waals surface area contributed by atoms with Crippen LogP contribution in [-0.2, 0) is 0 Å². The highest BCUT2D eigenvalue weighted by Crippen LogP contribution is 2.25. The van der Waals surface area contributed by atoms with Crippen LogP contribution in [0.25, 0.3) is 21.9 Å². The van der Waals surface area contributed by atoms with E-state index in [1.54, 1.807) is 66.7 Å². The predicted molar refractivity (Wildman–Crippen MR) is 132 cm³/mol. The first-order valence-electron chi connectivity index (χ1n) is 10.7. The van der Waals surface area contributed by atoms with Gasteiger partial charge >= 0.3 is 11.3 Å². The molecule has 0 saturated heterocycles. The third-order valence-corrected chi connectivity index (χ3v) is 5.44. The summed E-state index contributed by atoms with van der Waals surface area (Å²) in [5.74, 6) is -1.40. The number of para-hydroxylation sites is 2. The number of aryl methyl sites for hydroxylation is 1. The normalized spacial score (nSPS) is 10.9. The Hall–Kier alpha value is -4.98. The Morgan fingerprint density at radius 2 is 1.11 bits per heavy atom. The Balaban J connectivity index is 1.46. The second kappa shape index (κ2) is 8.75. The monoisotopic (exact) mass is 466 g/mol. The summed E-state index contributed by atoms with van der Waals surface area (Å²) >= 11 is 0. The molecule has 8 nitrogen and oxygen atoms in total. The number of benzene rings is 3. The molecule has 0 bridgehead atoms. The number of hydrogen-bond donors (Lipinski definition) is 2. The van der Waals surface area contributed by atoms with Crippen LogP contribution >= 0.6 is 0 Å². The summed E-state index contributed by atoms with van der Waals surface area (Å²) in [6.45, 7) is 1.81. The second-order valence-electron chi connectivity index (χ2n) is 7.93.